The van der Waals surface area contributed by atoms with Crippen molar-refractivity contribution in [2.75, 3.05) is 0 Å². The van der Waals surface area contributed by atoms with Gasteiger partial charge in [-0.2, -0.15) is 8.42 Å². The quantitative estimate of drug-likeness (QED) is 0.692. The van der Waals surface area contributed by atoms with Gasteiger partial charge in [0, 0.05) is 5.41 Å². The van der Waals surface area contributed by atoms with Crippen LogP contribution in [0.5, 0.6) is 0 Å². The van der Waals surface area contributed by atoms with Crippen molar-refractivity contribution < 1.29 is 12.6 Å². The zero-order chi connectivity index (χ0) is 17.8. The van der Waals surface area contributed by atoms with Gasteiger partial charge in [-0.1, -0.05) is 46.8 Å². The lowest BCUT2D eigenvalue weighted by Gasteiger charge is -2.38. The summed E-state index contributed by atoms with van der Waals surface area (Å²) in [5.41, 5.74) is 1.26. The Kier molecular flexibility index (Phi) is 4.37. The Balaban J connectivity index is 1.80. The van der Waals surface area contributed by atoms with Gasteiger partial charge in [0.05, 0.1) is 11.0 Å². The summed E-state index contributed by atoms with van der Waals surface area (Å²) in [7, 11) is -3.70. The molecule has 0 saturated heterocycles. The molecule has 2 fully saturated rings. The molecular formula is C20H30O3S. The Morgan fingerprint density at radius 3 is 2.29 bits per heavy atom. The number of rotatable bonds is 5. The summed E-state index contributed by atoms with van der Waals surface area (Å²) in [5.74, 6) is 1.00. The summed E-state index contributed by atoms with van der Waals surface area (Å²) >= 11 is 0. The molecule has 2 aliphatic carbocycles. The summed E-state index contributed by atoms with van der Waals surface area (Å²) in [6.45, 7) is 11.0. The monoisotopic (exact) mass is 350 g/mol. The average molecular weight is 351 g/mol. The first-order valence-electron chi connectivity index (χ1n) is 9.15. The van der Waals surface area contributed by atoms with Crippen LogP contribution in [0, 0.1) is 16.7 Å². The fourth-order valence-corrected chi connectivity index (χ4v) is 5.86. The normalized spacial score (nSPS) is 32.9. The van der Waals surface area contributed by atoms with Gasteiger partial charge in [-0.15, -0.1) is 0 Å². The van der Waals surface area contributed by atoms with Crippen LogP contribution in [0.1, 0.15) is 71.8 Å². The zero-order valence-corrected chi connectivity index (χ0v) is 16.3. The van der Waals surface area contributed by atoms with Crippen molar-refractivity contribution in [2.45, 2.75) is 77.2 Å². The molecule has 2 aliphatic rings. The van der Waals surface area contributed by atoms with Crippen LogP contribution in [0.2, 0.25) is 0 Å². The van der Waals surface area contributed by atoms with E-state index < -0.39 is 10.1 Å². The molecule has 1 aromatic carbocycles. The Bertz CT molecular complexity index is 705. The van der Waals surface area contributed by atoms with Gasteiger partial charge >= 0.3 is 0 Å². The maximum atomic E-state index is 12.7. The molecule has 3 rings (SSSR count). The van der Waals surface area contributed by atoms with E-state index in [1.807, 2.05) is 12.1 Å². The molecular weight excluding hydrogens is 320 g/mol. The lowest BCUT2D eigenvalue weighted by molar-refractivity contribution is 0.0345. The maximum Gasteiger partial charge on any atom is 0.297 e. The van der Waals surface area contributed by atoms with E-state index in [0.29, 0.717) is 11.8 Å². The number of fused-ring (bicyclic) bond motifs is 2. The van der Waals surface area contributed by atoms with Crippen LogP contribution in [0.3, 0.4) is 0 Å². The molecule has 134 valence electrons. The zero-order valence-electron chi connectivity index (χ0n) is 15.5. The van der Waals surface area contributed by atoms with E-state index in [1.54, 1.807) is 12.1 Å². The molecule has 0 N–H and O–H groups in total. The minimum Gasteiger partial charge on any atom is -0.262 e. The molecule has 4 unspecified atom stereocenters. The van der Waals surface area contributed by atoms with Gasteiger partial charge in [0.25, 0.3) is 10.1 Å². The first kappa shape index (κ1) is 17.9. The molecule has 2 saturated carbocycles. The van der Waals surface area contributed by atoms with Crippen molar-refractivity contribution in [1.82, 2.24) is 0 Å². The van der Waals surface area contributed by atoms with E-state index in [1.165, 1.54) is 12.0 Å². The predicted molar refractivity (Wildman–Crippen MR) is 96.4 cm³/mol. The summed E-state index contributed by atoms with van der Waals surface area (Å²) in [5, 5.41) is 0. The molecule has 1 aromatic rings. The number of hydrogen-bond acceptors (Lipinski definition) is 3. The Labute approximate surface area is 146 Å². The highest BCUT2D eigenvalue weighted by molar-refractivity contribution is 7.86. The third kappa shape index (κ3) is 2.62. The Hall–Kier alpha value is -0.870. The van der Waals surface area contributed by atoms with Crippen molar-refractivity contribution in [3.8, 4) is 0 Å². The SMILES string of the molecule is CCC(C)c1ccc(S(=O)(=O)OC2CC3CCC2(C)C3(C)C)cc1. The van der Waals surface area contributed by atoms with Gasteiger partial charge < -0.3 is 0 Å². The minimum atomic E-state index is -3.70. The molecule has 24 heavy (non-hydrogen) atoms. The van der Waals surface area contributed by atoms with E-state index in [-0.39, 0.29) is 21.8 Å². The predicted octanol–water partition coefficient (Wildman–Crippen LogP) is 5.12. The molecule has 0 amide bonds. The molecule has 0 radical (unpaired) electrons. The highest BCUT2D eigenvalue weighted by Gasteiger charge is 2.62. The van der Waals surface area contributed by atoms with Crippen LogP contribution in [0.15, 0.2) is 29.2 Å². The summed E-state index contributed by atoms with van der Waals surface area (Å²) in [6.07, 6.45) is 3.93. The van der Waals surface area contributed by atoms with Crippen molar-refractivity contribution in [3.63, 3.8) is 0 Å². The minimum absolute atomic E-state index is 0.0542. The van der Waals surface area contributed by atoms with Crippen molar-refractivity contribution in [1.29, 1.82) is 0 Å². The van der Waals surface area contributed by atoms with E-state index in [9.17, 15) is 8.42 Å². The molecule has 0 heterocycles. The van der Waals surface area contributed by atoms with Gasteiger partial charge in [-0.25, -0.2) is 0 Å². The summed E-state index contributed by atoms with van der Waals surface area (Å²) in [6, 6.07) is 7.21. The maximum absolute atomic E-state index is 12.7. The van der Waals surface area contributed by atoms with Crippen LogP contribution in [-0.2, 0) is 14.3 Å². The van der Waals surface area contributed by atoms with Gasteiger partial charge in [0.1, 0.15) is 0 Å². The van der Waals surface area contributed by atoms with E-state index >= 15 is 0 Å². The van der Waals surface area contributed by atoms with E-state index in [2.05, 4.69) is 34.6 Å². The number of hydrogen-bond donors (Lipinski definition) is 0. The summed E-state index contributed by atoms with van der Waals surface area (Å²) < 4.78 is 31.2. The largest absolute Gasteiger partial charge is 0.297 e. The van der Waals surface area contributed by atoms with Gasteiger partial charge in [-0.3, -0.25) is 4.18 Å². The molecule has 0 spiro atoms. The molecule has 0 aliphatic heterocycles. The third-order valence-corrected chi connectivity index (χ3v) is 8.64. The van der Waals surface area contributed by atoms with Crippen LogP contribution in [0.25, 0.3) is 0 Å². The van der Waals surface area contributed by atoms with Crippen molar-refractivity contribution in [2.24, 2.45) is 16.7 Å². The first-order chi connectivity index (χ1) is 11.1. The van der Waals surface area contributed by atoms with Crippen LogP contribution >= 0.6 is 0 Å². The second kappa shape index (κ2) is 5.84. The van der Waals surface area contributed by atoms with Crippen molar-refractivity contribution >= 4 is 10.1 Å². The van der Waals surface area contributed by atoms with Crippen LogP contribution in [0.4, 0.5) is 0 Å². The molecule has 3 nitrogen and oxygen atoms in total. The molecule has 0 aromatic heterocycles. The van der Waals surface area contributed by atoms with E-state index in [4.69, 9.17) is 4.18 Å². The summed E-state index contributed by atoms with van der Waals surface area (Å²) in [4.78, 5) is 0.277. The van der Waals surface area contributed by atoms with E-state index in [0.717, 1.165) is 19.3 Å². The number of benzene rings is 1. The van der Waals surface area contributed by atoms with Crippen LogP contribution < -0.4 is 0 Å². The third-order valence-electron chi connectivity index (χ3n) is 7.31. The highest BCUT2D eigenvalue weighted by atomic mass is 32.2. The second-order valence-corrected chi connectivity index (χ2v) is 10.1. The fraction of sp³-hybridized carbons (Fsp3) is 0.700. The lowest BCUT2D eigenvalue weighted by atomic mass is 9.70. The van der Waals surface area contributed by atoms with Gasteiger partial charge in [0.2, 0.25) is 0 Å². The smallest absolute Gasteiger partial charge is 0.262 e. The van der Waals surface area contributed by atoms with Gasteiger partial charge in [-0.05, 0) is 60.6 Å². The molecule has 4 atom stereocenters. The highest BCUT2D eigenvalue weighted by Crippen LogP contribution is 2.66. The molecule has 2 bridgehead atoms. The first-order valence-corrected chi connectivity index (χ1v) is 10.6. The van der Waals surface area contributed by atoms with Crippen LogP contribution in [-0.4, -0.2) is 14.5 Å². The average Bonchev–Trinajstić information content (AvgIpc) is 2.87. The Morgan fingerprint density at radius 1 is 1.21 bits per heavy atom. The topological polar surface area (TPSA) is 43.4 Å². The fourth-order valence-electron chi connectivity index (χ4n) is 4.68. The lowest BCUT2D eigenvalue weighted by Crippen LogP contribution is -2.38. The molecule has 4 heteroatoms. The standard InChI is InChI=1S/C20H30O3S/c1-6-14(2)15-7-9-17(10-8-15)24(21,22)23-18-13-16-11-12-20(18,5)19(16,3)4/h7-10,14,16,18H,6,11-13H2,1-5H3. The van der Waals surface area contributed by atoms with Crippen molar-refractivity contribution in [3.05, 3.63) is 29.8 Å². The van der Waals surface area contributed by atoms with Gasteiger partial charge in [0.15, 0.2) is 0 Å². The Morgan fingerprint density at radius 2 is 1.83 bits per heavy atom. The second-order valence-electron chi connectivity index (χ2n) is 8.53.